The molecule has 0 aliphatic heterocycles. The van der Waals surface area contributed by atoms with Crippen molar-refractivity contribution in [2.75, 3.05) is 0 Å². The summed E-state index contributed by atoms with van der Waals surface area (Å²) in [4.78, 5) is 2.82. The molecule has 0 fully saturated rings. The number of alkyl halides is 6. The van der Waals surface area contributed by atoms with E-state index in [0.29, 0.717) is 28.8 Å². The highest BCUT2D eigenvalue weighted by Crippen LogP contribution is 2.36. The Morgan fingerprint density at radius 3 is 1.20 bits per heavy atom. The van der Waals surface area contributed by atoms with Crippen molar-refractivity contribution < 1.29 is 26.3 Å². The Morgan fingerprint density at radius 2 is 0.836 bits per heavy atom. The second-order valence-electron chi connectivity index (χ2n) is 16.0. The largest absolute Gasteiger partial charge is 0.416 e. The van der Waals surface area contributed by atoms with Crippen LogP contribution in [0.15, 0.2) is 72.8 Å². The molecule has 12 heteroatoms. The number of hydrogen-bond acceptors (Lipinski definition) is 4. The van der Waals surface area contributed by atoms with Crippen molar-refractivity contribution in [1.82, 2.24) is 30.0 Å². The Balaban J connectivity index is 1.46. The maximum Gasteiger partial charge on any atom is 0.416 e. The summed E-state index contributed by atoms with van der Waals surface area (Å²) in [5.41, 5.74) is 4.28. The first-order valence-electron chi connectivity index (χ1n) is 19.0. The molecule has 0 atom stereocenters. The van der Waals surface area contributed by atoms with Crippen LogP contribution in [0.2, 0.25) is 0 Å². The van der Waals surface area contributed by atoms with Crippen LogP contribution in [0.1, 0.15) is 126 Å². The molecule has 0 saturated heterocycles. The van der Waals surface area contributed by atoms with Gasteiger partial charge in [0.05, 0.1) is 22.5 Å². The quantitative estimate of drug-likeness (QED) is 0.0819. The van der Waals surface area contributed by atoms with Gasteiger partial charge in [0, 0.05) is 0 Å². The molecule has 292 valence electrons. The molecular formula is C43H48F6N6. The molecule has 6 rings (SSSR count). The van der Waals surface area contributed by atoms with E-state index in [2.05, 4.69) is 74.1 Å². The summed E-state index contributed by atoms with van der Waals surface area (Å²) in [5.74, 6) is 0. The molecule has 0 aliphatic carbocycles. The van der Waals surface area contributed by atoms with Gasteiger partial charge in [-0.05, 0) is 113 Å². The van der Waals surface area contributed by atoms with E-state index in [1.807, 2.05) is 24.3 Å². The van der Waals surface area contributed by atoms with Gasteiger partial charge in [0.1, 0.15) is 22.1 Å². The normalized spacial score (nSPS) is 13.0. The zero-order valence-corrected chi connectivity index (χ0v) is 32.2. The Labute approximate surface area is 317 Å². The molecule has 0 amide bonds. The van der Waals surface area contributed by atoms with Crippen LogP contribution in [0.3, 0.4) is 0 Å². The van der Waals surface area contributed by atoms with Crippen LogP contribution in [0, 0.1) is 0 Å². The Bertz CT molecular complexity index is 2120. The average molecular weight is 763 g/mol. The second-order valence-corrected chi connectivity index (χ2v) is 16.0. The first-order chi connectivity index (χ1) is 25.9. The van der Waals surface area contributed by atoms with Gasteiger partial charge in [-0.25, -0.2) is 0 Å². The minimum Gasteiger partial charge on any atom is -0.166 e. The highest BCUT2D eigenvalue weighted by molar-refractivity contribution is 5.76. The molecule has 0 unspecified atom stereocenters. The molecule has 0 saturated carbocycles. The summed E-state index contributed by atoms with van der Waals surface area (Å²) in [6.45, 7) is 13.1. The zero-order valence-electron chi connectivity index (χ0n) is 32.2. The lowest BCUT2D eigenvalue weighted by Crippen LogP contribution is -2.19. The van der Waals surface area contributed by atoms with Crippen molar-refractivity contribution >= 4 is 22.1 Å². The number of rotatable bonds is 14. The fourth-order valence-corrected chi connectivity index (χ4v) is 7.14. The second kappa shape index (κ2) is 15.4. The van der Waals surface area contributed by atoms with Gasteiger partial charge in [-0.3, -0.25) is 0 Å². The highest BCUT2D eigenvalue weighted by Gasteiger charge is 2.32. The summed E-state index contributed by atoms with van der Waals surface area (Å²) < 4.78 is 81.2. The standard InChI is InChI=1S/C43H48F6N6/c1-7-9-11-17-40(3,4)32-20-28(22-34(24-32)54-50-36-15-13-30(42(44,45)46)26-38(36)52-54)19-29-21-33(41(5,6)18-12-10-8-2)25-35(23-29)55-51-37-16-14-31(43(47,48)49)27-39(37)53-55/h13-16,20-27H,7-12,17-19H2,1-6H3. The molecular weight excluding hydrogens is 715 g/mol. The van der Waals surface area contributed by atoms with Crippen molar-refractivity contribution in [1.29, 1.82) is 0 Å². The van der Waals surface area contributed by atoms with Gasteiger partial charge in [0.15, 0.2) is 0 Å². The first-order valence-corrected chi connectivity index (χ1v) is 19.0. The van der Waals surface area contributed by atoms with Crippen LogP contribution < -0.4 is 0 Å². The summed E-state index contributed by atoms with van der Waals surface area (Å²) in [6.07, 6.45) is -0.195. The topological polar surface area (TPSA) is 61.4 Å². The third-order valence-electron chi connectivity index (χ3n) is 10.6. The van der Waals surface area contributed by atoms with E-state index in [9.17, 15) is 26.3 Å². The SMILES string of the molecule is CCCCCC(C)(C)c1cc(Cc2cc(-n3nc4ccc(C(F)(F)F)cc4n3)cc(C(C)(C)CCCCC)c2)cc(-n2nc3ccc(C(F)(F)F)cc3n2)c1. The number of aromatic nitrogens is 6. The maximum atomic E-state index is 13.5. The lowest BCUT2D eigenvalue weighted by molar-refractivity contribution is -0.138. The van der Waals surface area contributed by atoms with Crippen molar-refractivity contribution in [2.24, 2.45) is 0 Å². The van der Waals surface area contributed by atoms with E-state index in [-0.39, 0.29) is 21.9 Å². The molecule has 0 bridgehead atoms. The summed E-state index contributed by atoms with van der Waals surface area (Å²) >= 11 is 0. The van der Waals surface area contributed by atoms with Crippen LogP contribution in [0.5, 0.6) is 0 Å². The van der Waals surface area contributed by atoms with Crippen LogP contribution >= 0.6 is 0 Å². The Kier molecular flexibility index (Phi) is 11.2. The Hall–Kier alpha value is -4.74. The third kappa shape index (κ3) is 9.22. The molecule has 55 heavy (non-hydrogen) atoms. The van der Waals surface area contributed by atoms with Gasteiger partial charge in [-0.15, -0.1) is 20.4 Å². The van der Waals surface area contributed by atoms with E-state index in [1.165, 1.54) is 21.7 Å². The van der Waals surface area contributed by atoms with E-state index in [0.717, 1.165) is 97.9 Å². The van der Waals surface area contributed by atoms with E-state index in [4.69, 9.17) is 0 Å². The van der Waals surface area contributed by atoms with Gasteiger partial charge in [-0.1, -0.05) is 92.2 Å². The Morgan fingerprint density at radius 1 is 0.455 bits per heavy atom. The van der Waals surface area contributed by atoms with Crippen molar-refractivity contribution in [3.8, 4) is 11.4 Å². The predicted octanol–water partition coefficient (Wildman–Crippen LogP) is 12.5. The van der Waals surface area contributed by atoms with Crippen LogP contribution in [-0.4, -0.2) is 30.0 Å². The van der Waals surface area contributed by atoms with Crippen molar-refractivity contribution in [3.05, 3.63) is 106 Å². The molecule has 2 heterocycles. The number of unbranched alkanes of at least 4 members (excludes halogenated alkanes) is 4. The molecule has 0 spiro atoms. The summed E-state index contributed by atoms with van der Waals surface area (Å²) in [6, 6.07) is 19.1. The molecule has 0 aliphatic rings. The average Bonchev–Trinajstić information content (AvgIpc) is 3.75. The summed E-state index contributed by atoms with van der Waals surface area (Å²) in [7, 11) is 0. The van der Waals surface area contributed by atoms with E-state index >= 15 is 0 Å². The van der Waals surface area contributed by atoms with E-state index in [1.54, 1.807) is 0 Å². The maximum absolute atomic E-state index is 13.5. The van der Waals surface area contributed by atoms with Gasteiger partial charge in [0.25, 0.3) is 0 Å². The first kappa shape index (κ1) is 39.9. The van der Waals surface area contributed by atoms with Crippen molar-refractivity contribution in [2.45, 2.75) is 123 Å². The molecule has 6 aromatic rings. The highest BCUT2D eigenvalue weighted by atomic mass is 19.4. The number of fused-ring (bicyclic) bond motifs is 2. The van der Waals surface area contributed by atoms with Gasteiger partial charge >= 0.3 is 12.4 Å². The van der Waals surface area contributed by atoms with Crippen LogP contribution in [0.4, 0.5) is 26.3 Å². The van der Waals surface area contributed by atoms with Gasteiger partial charge in [-0.2, -0.15) is 35.9 Å². The number of nitrogens with zero attached hydrogens (tertiary/aromatic N) is 6. The fourth-order valence-electron chi connectivity index (χ4n) is 7.14. The summed E-state index contributed by atoms with van der Waals surface area (Å²) in [5, 5.41) is 18.2. The number of benzene rings is 4. The molecule has 4 aromatic carbocycles. The lowest BCUT2D eigenvalue weighted by Gasteiger charge is -2.27. The van der Waals surface area contributed by atoms with Gasteiger partial charge < -0.3 is 0 Å². The third-order valence-corrected chi connectivity index (χ3v) is 10.6. The van der Waals surface area contributed by atoms with E-state index < -0.39 is 23.5 Å². The fraction of sp³-hybridized carbons (Fsp3) is 0.442. The van der Waals surface area contributed by atoms with Crippen molar-refractivity contribution in [3.63, 3.8) is 0 Å². The predicted molar refractivity (Wildman–Crippen MR) is 205 cm³/mol. The molecule has 6 nitrogen and oxygen atoms in total. The van der Waals surface area contributed by atoms with Crippen LogP contribution in [-0.2, 0) is 29.6 Å². The smallest absolute Gasteiger partial charge is 0.166 e. The zero-order chi connectivity index (χ0) is 39.8. The lowest BCUT2D eigenvalue weighted by atomic mass is 9.78. The molecule has 2 aromatic heterocycles. The number of hydrogen-bond donors (Lipinski definition) is 0. The monoisotopic (exact) mass is 762 g/mol. The molecule has 0 N–H and O–H groups in total. The minimum atomic E-state index is -4.50. The van der Waals surface area contributed by atoms with Gasteiger partial charge in [0.2, 0.25) is 0 Å². The molecule has 0 radical (unpaired) electrons. The number of halogens is 6. The van der Waals surface area contributed by atoms with Crippen LogP contribution in [0.25, 0.3) is 33.4 Å². The minimum absolute atomic E-state index is 0.146.